The van der Waals surface area contributed by atoms with Crippen LogP contribution in [0.1, 0.15) is 50.3 Å². The number of H-pyrrole nitrogens is 1. The normalized spacial score (nSPS) is 18.4. The highest BCUT2D eigenvalue weighted by molar-refractivity contribution is 5.75. The Hall–Kier alpha value is -1.38. The van der Waals surface area contributed by atoms with Gasteiger partial charge in [-0.1, -0.05) is 25.7 Å². The van der Waals surface area contributed by atoms with Gasteiger partial charge in [0.05, 0.1) is 11.0 Å². The van der Waals surface area contributed by atoms with Crippen molar-refractivity contribution in [2.75, 3.05) is 0 Å². The monoisotopic (exact) mass is 232 g/mol. The highest BCUT2D eigenvalue weighted by Gasteiger charge is 2.17. The summed E-state index contributed by atoms with van der Waals surface area (Å²) < 4.78 is 13.1. The second-order valence-corrected chi connectivity index (χ2v) is 4.97. The maximum Gasteiger partial charge on any atom is 0.125 e. The van der Waals surface area contributed by atoms with E-state index in [0.717, 1.165) is 16.9 Å². The number of hydrogen-bond acceptors (Lipinski definition) is 1. The Morgan fingerprint density at radius 2 is 1.88 bits per heavy atom. The first-order valence-corrected chi connectivity index (χ1v) is 6.48. The number of nitrogens with zero attached hydrogens (tertiary/aromatic N) is 1. The predicted molar refractivity (Wildman–Crippen MR) is 66.5 cm³/mol. The fraction of sp³-hybridized carbons (Fsp3) is 0.500. The van der Waals surface area contributed by atoms with E-state index in [-0.39, 0.29) is 5.82 Å². The second kappa shape index (κ2) is 4.47. The molecular weight excluding hydrogens is 215 g/mol. The van der Waals surface area contributed by atoms with Crippen molar-refractivity contribution >= 4 is 11.0 Å². The van der Waals surface area contributed by atoms with Gasteiger partial charge in [-0.25, -0.2) is 9.37 Å². The molecule has 1 aromatic carbocycles. The predicted octanol–water partition coefficient (Wildman–Crippen LogP) is 4.14. The van der Waals surface area contributed by atoms with Crippen molar-refractivity contribution in [2.24, 2.45) is 0 Å². The van der Waals surface area contributed by atoms with E-state index in [9.17, 15) is 4.39 Å². The Bertz CT molecular complexity index is 510. The fourth-order valence-corrected chi connectivity index (χ4v) is 2.75. The molecule has 1 aromatic heterocycles. The highest BCUT2D eigenvalue weighted by Crippen LogP contribution is 2.31. The van der Waals surface area contributed by atoms with E-state index in [4.69, 9.17) is 0 Å². The average Bonchev–Trinajstić information content (AvgIpc) is 2.57. The van der Waals surface area contributed by atoms with E-state index >= 15 is 0 Å². The van der Waals surface area contributed by atoms with Crippen LogP contribution < -0.4 is 0 Å². The van der Waals surface area contributed by atoms with Crippen molar-refractivity contribution in [1.82, 2.24) is 9.97 Å². The SMILES string of the molecule is Fc1ccc2nc(C3CCCCCC3)[nH]c2c1. The maximum atomic E-state index is 13.1. The molecule has 1 aliphatic carbocycles. The van der Waals surface area contributed by atoms with Crippen LogP contribution in [-0.2, 0) is 0 Å². The number of fused-ring (bicyclic) bond motifs is 1. The van der Waals surface area contributed by atoms with Crippen LogP contribution in [0.4, 0.5) is 4.39 Å². The summed E-state index contributed by atoms with van der Waals surface area (Å²) in [6.45, 7) is 0. The summed E-state index contributed by atoms with van der Waals surface area (Å²) in [6, 6.07) is 4.75. The third-order valence-corrected chi connectivity index (χ3v) is 3.70. The van der Waals surface area contributed by atoms with Gasteiger partial charge in [-0.15, -0.1) is 0 Å². The third-order valence-electron chi connectivity index (χ3n) is 3.70. The van der Waals surface area contributed by atoms with Crippen molar-refractivity contribution < 1.29 is 4.39 Å². The van der Waals surface area contributed by atoms with Gasteiger partial charge in [0.25, 0.3) is 0 Å². The van der Waals surface area contributed by atoms with Crippen molar-refractivity contribution in [2.45, 2.75) is 44.4 Å². The molecule has 1 heterocycles. The number of rotatable bonds is 1. The van der Waals surface area contributed by atoms with Crippen LogP contribution >= 0.6 is 0 Å². The minimum absolute atomic E-state index is 0.200. The molecule has 3 heteroatoms. The van der Waals surface area contributed by atoms with Gasteiger partial charge in [0.2, 0.25) is 0 Å². The van der Waals surface area contributed by atoms with Crippen molar-refractivity contribution in [3.63, 3.8) is 0 Å². The molecule has 1 N–H and O–H groups in total. The van der Waals surface area contributed by atoms with E-state index in [0.29, 0.717) is 5.92 Å². The van der Waals surface area contributed by atoms with Crippen molar-refractivity contribution in [3.05, 3.63) is 29.8 Å². The molecule has 90 valence electrons. The van der Waals surface area contributed by atoms with E-state index in [1.807, 2.05) is 0 Å². The molecule has 0 atom stereocenters. The zero-order valence-electron chi connectivity index (χ0n) is 9.88. The largest absolute Gasteiger partial charge is 0.342 e. The van der Waals surface area contributed by atoms with Crippen LogP contribution in [0.3, 0.4) is 0 Å². The first-order chi connectivity index (χ1) is 8.33. The van der Waals surface area contributed by atoms with Gasteiger partial charge >= 0.3 is 0 Å². The number of halogens is 1. The summed E-state index contributed by atoms with van der Waals surface area (Å²) in [5.41, 5.74) is 1.70. The van der Waals surface area contributed by atoms with Gasteiger partial charge in [0.1, 0.15) is 11.6 Å². The summed E-state index contributed by atoms with van der Waals surface area (Å²) in [6.07, 6.45) is 7.67. The number of benzene rings is 1. The zero-order valence-corrected chi connectivity index (χ0v) is 9.88. The first kappa shape index (κ1) is 10.8. The van der Waals surface area contributed by atoms with Gasteiger partial charge in [0.15, 0.2) is 0 Å². The van der Waals surface area contributed by atoms with Crippen LogP contribution in [0.2, 0.25) is 0 Å². The van der Waals surface area contributed by atoms with Crippen LogP contribution in [-0.4, -0.2) is 9.97 Å². The van der Waals surface area contributed by atoms with Gasteiger partial charge in [-0.3, -0.25) is 0 Å². The minimum Gasteiger partial charge on any atom is -0.342 e. The fourth-order valence-electron chi connectivity index (χ4n) is 2.75. The van der Waals surface area contributed by atoms with E-state index in [2.05, 4.69) is 9.97 Å². The summed E-state index contributed by atoms with van der Waals surface area (Å²) in [4.78, 5) is 7.88. The Labute approximate surface area is 100 Å². The molecular formula is C14H17FN2. The summed E-state index contributed by atoms with van der Waals surface area (Å²) in [5.74, 6) is 1.38. The number of hydrogen-bond donors (Lipinski definition) is 1. The average molecular weight is 232 g/mol. The standard InChI is InChI=1S/C14H17FN2/c15-11-7-8-12-13(9-11)17-14(16-12)10-5-3-1-2-4-6-10/h7-10H,1-6H2,(H,16,17). The smallest absolute Gasteiger partial charge is 0.125 e. The minimum atomic E-state index is -0.200. The van der Waals surface area contributed by atoms with Crippen LogP contribution in [0.25, 0.3) is 11.0 Å². The molecule has 1 saturated carbocycles. The van der Waals surface area contributed by atoms with Crippen LogP contribution in [0.5, 0.6) is 0 Å². The number of aromatic amines is 1. The third kappa shape index (κ3) is 2.19. The van der Waals surface area contributed by atoms with Gasteiger partial charge in [-0.05, 0) is 31.0 Å². The Balaban J connectivity index is 1.93. The molecule has 0 bridgehead atoms. The molecule has 0 saturated heterocycles. The highest BCUT2D eigenvalue weighted by atomic mass is 19.1. The molecule has 1 aliphatic rings. The molecule has 0 unspecified atom stereocenters. The van der Waals surface area contributed by atoms with E-state index in [1.165, 1.54) is 50.7 Å². The van der Waals surface area contributed by atoms with E-state index < -0.39 is 0 Å². The lowest BCUT2D eigenvalue weighted by Gasteiger charge is -2.09. The second-order valence-electron chi connectivity index (χ2n) is 4.97. The number of aromatic nitrogens is 2. The molecule has 0 radical (unpaired) electrons. The Kier molecular flexibility index (Phi) is 2.83. The maximum absolute atomic E-state index is 13.1. The van der Waals surface area contributed by atoms with Crippen LogP contribution in [0.15, 0.2) is 18.2 Å². The molecule has 2 nitrogen and oxygen atoms in total. The molecule has 1 fully saturated rings. The van der Waals surface area contributed by atoms with E-state index in [1.54, 1.807) is 6.07 Å². The molecule has 17 heavy (non-hydrogen) atoms. The first-order valence-electron chi connectivity index (χ1n) is 6.48. The number of imidazole rings is 1. The zero-order chi connectivity index (χ0) is 11.7. The van der Waals surface area contributed by atoms with Gasteiger partial charge in [-0.2, -0.15) is 0 Å². The molecule has 0 spiro atoms. The summed E-state index contributed by atoms with van der Waals surface area (Å²) in [5, 5.41) is 0. The summed E-state index contributed by atoms with van der Waals surface area (Å²) >= 11 is 0. The molecule has 3 rings (SSSR count). The number of nitrogens with one attached hydrogen (secondary N) is 1. The summed E-state index contributed by atoms with van der Waals surface area (Å²) in [7, 11) is 0. The van der Waals surface area contributed by atoms with Crippen molar-refractivity contribution in [3.8, 4) is 0 Å². The van der Waals surface area contributed by atoms with Crippen molar-refractivity contribution in [1.29, 1.82) is 0 Å². The molecule has 2 aromatic rings. The lowest BCUT2D eigenvalue weighted by molar-refractivity contribution is 0.567. The quantitative estimate of drug-likeness (QED) is 0.735. The molecule has 0 amide bonds. The Morgan fingerprint density at radius 3 is 2.65 bits per heavy atom. The molecule has 0 aliphatic heterocycles. The lowest BCUT2D eigenvalue weighted by atomic mass is 10.00. The van der Waals surface area contributed by atoms with Gasteiger partial charge < -0.3 is 4.98 Å². The van der Waals surface area contributed by atoms with Gasteiger partial charge in [0, 0.05) is 5.92 Å². The lowest BCUT2D eigenvalue weighted by Crippen LogP contribution is -1.99. The van der Waals surface area contributed by atoms with Crippen LogP contribution in [0, 0.1) is 5.82 Å². The topological polar surface area (TPSA) is 28.7 Å². The Morgan fingerprint density at radius 1 is 1.12 bits per heavy atom.